The summed E-state index contributed by atoms with van der Waals surface area (Å²) in [6, 6.07) is 0. The molecule has 0 heterocycles. The van der Waals surface area contributed by atoms with Crippen LogP contribution in [0.3, 0.4) is 0 Å². The van der Waals surface area contributed by atoms with E-state index in [9.17, 15) is 0 Å². The third kappa shape index (κ3) is 0.953. The Hall–Kier alpha value is 0. The van der Waals surface area contributed by atoms with E-state index in [4.69, 9.17) is 0 Å². The highest BCUT2D eigenvalue weighted by atomic mass is 14.7. The molecule has 84 valence electrons. The van der Waals surface area contributed by atoms with Crippen molar-refractivity contribution in [2.45, 2.75) is 46.0 Å². The van der Waals surface area contributed by atoms with Crippen LogP contribution in [-0.2, 0) is 0 Å². The zero-order valence-electron chi connectivity index (χ0n) is 10.2. The second-order valence-electron chi connectivity index (χ2n) is 7.17. The van der Waals surface area contributed by atoms with Crippen molar-refractivity contribution in [2.75, 3.05) is 0 Å². The predicted octanol–water partition coefficient (Wildman–Crippen LogP) is 3.96. The molecule has 4 aliphatic rings. The van der Waals surface area contributed by atoms with Crippen molar-refractivity contribution in [3.8, 4) is 0 Å². The van der Waals surface area contributed by atoms with Crippen LogP contribution in [0, 0.1) is 47.3 Å². The first kappa shape index (κ1) is 9.07. The Kier molecular flexibility index (Phi) is 1.70. The number of hydrogen-bond donors (Lipinski definition) is 0. The van der Waals surface area contributed by atoms with Crippen molar-refractivity contribution in [3.63, 3.8) is 0 Å². The summed E-state index contributed by atoms with van der Waals surface area (Å²) in [6.07, 6.45) is 7.93. The van der Waals surface area contributed by atoms with E-state index in [2.05, 4.69) is 13.8 Å². The third-order valence-electron chi connectivity index (χ3n) is 6.76. The van der Waals surface area contributed by atoms with Crippen molar-refractivity contribution in [1.29, 1.82) is 0 Å². The molecular weight excluding hydrogens is 180 g/mol. The highest BCUT2D eigenvalue weighted by Gasteiger charge is 2.62. The predicted molar refractivity (Wildman–Crippen MR) is 62.4 cm³/mol. The maximum absolute atomic E-state index is 2.55. The summed E-state index contributed by atoms with van der Waals surface area (Å²) in [5.41, 5.74) is 0. The third-order valence-corrected chi connectivity index (χ3v) is 6.76. The van der Waals surface area contributed by atoms with E-state index in [0.29, 0.717) is 0 Å². The minimum atomic E-state index is 1.06. The van der Waals surface area contributed by atoms with E-state index >= 15 is 0 Å². The van der Waals surface area contributed by atoms with Gasteiger partial charge in [-0.3, -0.25) is 0 Å². The Morgan fingerprint density at radius 3 is 1.73 bits per heavy atom. The van der Waals surface area contributed by atoms with Gasteiger partial charge in [-0.05, 0) is 73.0 Å². The van der Waals surface area contributed by atoms with Gasteiger partial charge < -0.3 is 0 Å². The molecule has 4 fully saturated rings. The van der Waals surface area contributed by atoms with Gasteiger partial charge in [0.05, 0.1) is 0 Å². The molecule has 0 amide bonds. The summed E-state index contributed by atoms with van der Waals surface area (Å²) in [7, 11) is 0. The molecular formula is C15H24. The largest absolute Gasteiger partial charge is 0.0622 e. The summed E-state index contributed by atoms with van der Waals surface area (Å²) < 4.78 is 0. The van der Waals surface area contributed by atoms with E-state index in [1.165, 1.54) is 23.7 Å². The first-order chi connectivity index (χ1) is 7.27. The van der Waals surface area contributed by atoms with Crippen molar-refractivity contribution in [2.24, 2.45) is 47.3 Å². The maximum atomic E-state index is 2.55. The zero-order chi connectivity index (χ0) is 10.2. The van der Waals surface area contributed by atoms with Gasteiger partial charge in [0.25, 0.3) is 0 Å². The molecule has 4 rings (SSSR count). The first-order valence-electron chi connectivity index (χ1n) is 7.27. The van der Waals surface area contributed by atoms with Crippen LogP contribution in [0.4, 0.5) is 0 Å². The Morgan fingerprint density at radius 2 is 1.20 bits per heavy atom. The second kappa shape index (κ2) is 2.81. The Labute approximate surface area is 93.8 Å². The fourth-order valence-corrected chi connectivity index (χ4v) is 6.70. The summed E-state index contributed by atoms with van der Waals surface area (Å²) >= 11 is 0. The van der Waals surface area contributed by atoms with Crippen molar-refractivity contribution in [1.82, 2.24) is 0 Å². The lowest BCUT2D eigenvalue weighted by Gasteiger charge is -2.37. The fraction of sp³-hybridized carbons (Fsp3) is 1.00. The summed E-state index contributed by atoms with van der Waals surface area (Å²) in [6.45, 7) is 5.09. The molecule has 0 aromatic heterocycles. The molecule has 4 aliphatic carbocycles. The van der Waals surface area contributed by atoms with Crippen LogP contribution in [0.15, 0.2) is 0 Å². The van der Waals surface area contributed by atoms with E-state index in [-0.39, 0.29) is 0 Å². The average molecular weight is 204 g/mol. The monoisotopic (exact) mass is 204 g/mol. The average Bonchev–Trinajstić information content (AvgIpc) is 2.88. The Bertz CT molecular complexity index is 256. The van der Waals surface area contributed by atoms with Crippen LogP contribution in [0.25, 0.3) is 0 Å². The summed E-state index contributed by atoms with van der Waals surface area (Å²) in [4.78, 5) is 0. The summed E-state index contributed by atoms with van der Waals surface area (Å²) in [5, 5.41) is 0. The number of hydrogen-bond acceptors (Lipinski definition) is 0. The molecule has 0 aliphatic heterocycles. The lowest BCUT2D eigenvalue weighted by Crippen LogP contribution is -2.32. The van der Waals surface area contributed by atoms with Gasteiger partial charge in [0.15, 0.2) is 0 Å². The van der Waals surface area contributed by atoms with Crippen LogP contribution >= 0.6 is 0 Å². The molecule has 4 saturated carbocycles. The highest BCUT2D eigenvalue weighted by molar-refractivity contribution is 5.11. The van der Waals surface area contributed by atoms with E-state index < -0.39 is 0 Å². The van der Waals surface area contributed by atoms with Crippen LogP contribution in [0.1, 0.15) is 46.0 Å². The minimum absolute atomic E-state index is 1.06. The molecule has 2 bridgehead atoms. The zero-order valence-corrected chi connectivity index (χ0v) is 10.2. The van der Waals surface area contributed by atoms with Gasteiger partial charge in [-0.25, -0.2) is 0 Å². The van der Waals surface area contributed by atoms with E-state index in [1.807, 2.05) is 0 Å². The van der Waals surface area contributed by atoms with Crippen molar-refractivity contribution < 1.29 is 0 Å². The van der Waals surface area contributed by atoms with E-state index in [1.54, 1.807) is 32.1 Å². The topological polar surface area (TPSA) is 0 Å². The molecule has 0 radical (unpaired) electrons. The van der Waals surface area contributed by atoms with Crippen molar-refractivity contribution in [3.05, 3.63) is 0 Å². The molecule has 0 aromatic rings. The molecule has 0 N–H and O–H groups in total. The van der Waals surface area contributed by atoms with Gasteiger partial charge in [-0.2, -0.15) is 0 Å². The van der Waals surface area contributed by atoms with Gasteiger partial charge in [0.2, 0.25) is 0 Å². The maximum Gasteiger partial charge on any atom is -0.0323 e. The van der Waals surface area contributed by atoms with Crippen LogP contribution in [0.2, 0.25) is 0 Å². The Balaban J connectivity index is 1.72. The fourth-order valence-electron chi connectivity index (χ4n) is 6.70. The molecule has 8 atom stereocenters. The van der Waals surface area contributed by atoms with Gasteiger partial charge >= 0.3 is 0 Å². The van der Waals surface area contributed by atoms with Gasteiger partial charge in [0, 0.05) is 0 Å². The van der Waals surface area contributed by atoms with Gasteiger partial charge in [0.1, 0.15) is 0 Å². The first-order valence-corrected chi connectivity index (χ1v) is 7.27. The SMILES string of the molecule is CC1CC(C)[C@H]2C3CC(C4CCCC43)C12. The number of rotatable bonds is 0. The molecule has 7 unspecified atom stereocenters. The standard InChI is InChI=1S/C15H24/c1-8-6-9(2)15-13-7-12(14(8)15)10-4-3-5-11(10)13/h8-15H,3-7H2,1-2H3/t8?,9?,10?,11?,12?,13?,14-,15?/m0/s1. The van der Waals surface area contributed by atoms with Gasteiger partial charge in [-0.15, -0.1) is 0 Å². The lowest BCUT2D eigenvalue weighted by atomic mass is 9.68. The van der Waals surface area contributed by atoms with Crippen LogP contribution in [0.5, 0.6) is 0 Å². The molecule has 0 nitrogen and oxygen atoms in total. The molecule has 0 spiro atoms. The molecule has 15 heavy (non-hydrogen) atoms. The second-order valence-corrected chi connectivity index (χ2v) is 7.17. The smallest absolute Gasteiger partial charge is 0.0323 e. The molecule has 0 heteroatoms. The molecule has 0 saturated heterocycles. The Morgan fingerprint density at radius 1 is 0.667 bits per heavy atom. The van der Waals surface area contributed by atoms with Crippen LogP contribution in [-0.4, -0.2) is 0 Å². The minimum Gasteiger partial charge on any atom is -0.0622 e. The molecule has 0 aromatic carbocycles. The summed E-state index contributed by atoms with van der Waals surface area (Å²) in [5.74, 6) is 9.14. The number of fused-ring (bicyclic) bond motifs is 8. The normalized spacial score (nSPS) is 66.0. The quantitative estimate of drug-likeness (QED) is 0.560. The van der Waals surface area contributed by atoms with Crippen molar-refractivity contribution >= 4 is 0 Å². The van der Waals surface area contributed by atoms with Gasteiger partial charge in [-0.1, -0.05) is 20.3 Å². The van der Waals surface area contributed by atoms with Crippen LogP contribution < -0.4 is 0 Å². The lowest BCUT2D eigenvalue weighted by molar-refractivity contribution is 0.104. The van der Waals surface area contributed by atoms with E-state index in [0.717, 1.165) is 23.7 Å². The highest BCUT2D eigenvalue weighted by Crippen LogP contribution is 2.69.